The van der Waals surface area contributed by atoms with Crippen LogP contribution in [0.3, 0.4) is 0 Å². The van der Waals surface area contributed by atoms with Gasteiger partial charge in [0.2, 0.25) is 0 Å². The SMILES string of the molecule is CC=CC(=O)OCC(O)COC[C@@H](OCC(O)COC(=O)C=CC)[C@H](OCC(O)COC(=O)C=CC)[C@H](C=O)OCC(O)COC(=O)C=CC. The second-order valence-corrected chi connectivity index (χ2v) is 10.3. The van der Waals surface area contributed by atoms with Crippen LogP contribution in [0, 0.1) is 0 Å². The molecule has 0 bridgehead atoms. The van der Waals surface area contributed by atoms with Crippen LogP contribution in [-0.2, 0) is 61.9 Å². The van der Waals surface area contributed by atoms with Gasteiger partial charge < -0.3 is 63.1 Å². The van der Waals surface area contributed by atoms with E-state index in [9.17, 15) is 44.4 Å². The van der Waals surface area contributed by atoms with Crippen LogP contribution in [0.15, 0.2) is 48.6 Å². The zero-order chi connectivity index (χ0) is 37.7. The van der Waals surface area contributed by atoms with Crippen LogP contribution >= 0.6 is 0 Å². The molecular formula is C33H50O17. The molecule has 17 nitrogen and oxygen atoms in total. The Bertz CT molecular complexity index is 1100. The predicted molar refractivity (Wildman–Crippen MR) is 173 cm³/mol. The lowest BCUT2D eigenvalue weighted by Crippen LogP contribution is -2.49. The van der Waals surface area contributed by atoms with Gasteiger partial charge in [0, 0.05) is 24.3 Å². The minimum atomic E-state index is -1.54. The lowest BCUT2D eigenvalue weighted by molar-refractivity contribution is -0.184. The fourth-order valence-corrected chi connectivity index (χ4v) is 3.50. The maximum absolute atomic E-state index is 12.3. The van der Waals surface area contributed by atoms with Gasteiger partial charge in [-0.15, -0.1) is 0 Å². The summed E-state index contributed by atoms with van der Waals surface area (Å²) in [6.45, 7) is 2.11. The van der Waals surface area contributed by atoms with Gasteiger partial charge >= 0.3 is 23.9 Å². The number of carbonyl (C=O) groups is 5. The largest absolute Gasteiger partial charge is 0.460 e. The van der Waals surface area contributed by atoms with Crippen LogP contribution in [0.5, 0.6) is 0 Å². The van der Waals surface area contributed by atoms with E-state index in [1.54, 1.807) is 27.7 Å². The molecule has 50 heavy (non-hydrogen) atoms. The standard InChI is InChI=1S/C33H50O17/c1-5-9-29(39)46-17-23(35)14-43-22-28(45-16-25(37)19-48-31(41)11-7-3)33(50-21-26(38)20-49-32(42)12-8-4)27(13-34)44-15-24(36)18-47-30(40)10-6-2/h5-13,23-28,33,35-38H,14-22H2,1-4H3/t23?,24?,25?,26?,27-,28+,33+/m0/s1. The summed E-state index contributed by atoms with van der Waals surface area (Å²) < 4.78 is 42.3. The number of allylic oxidation sites excluding steroid dienone is 4. The molecule has 0 saturated heterocycles. The van der Waals surface area contributed by atoms with Crippen LogP contribution in [0.1, 0.15) is 27.7 Å². The Labute approximate surface area is 291 Å². The van der Waals surface area contributed by atoms with Crippen molar-refractivity contribution in [2.24, 2.45) is 0 Å². The van der Waals surface area contributed by atoms with Crippen molar-refractivity contribution in [1.82, 2.24) is 0 Å². The first kappa shape index (κ1) is 46.2. The van der Waals surface area contributed by atoms with Crippen LogP contribution in [0.2, 0.25) is 0 Å². The third-order valence-electron chi connectivity index (χ3n) is 5.76. The zero-order valence-corrected chi connectivity index (χ0v) is 28.7. The van der Waals surface area contributed by atoms with Crippen molar-refractivity contribution in [2.75, 3.05) is 59.5 Å². The number of aliphatic hydroxyl groups excluding tert-OH is 4. The second-order valence-electron chi connectivity index (χ2n) is 10.3. The zero-order valence-electron chi connectivity index (χ0n) is 28.7. The predicted octanol–water partition coefficient (Wildman–Crippen LogP) is -0.722. The van der Waals surface area contributed by atoms with E-state index in [0.717, 1.165) is 24.3 Å². The van der Waals surface area contributed by atoms with Crippen LogP contribution in [-0.4, -0.2) is 153 Å². The van der Waals surface area contributed by atoms with Crippen molar-refractivity contribution in [2.45, 2.75) is 70.4 Å². The number of hydrogen-bond acceptors (Lipinski definition) is 17. The number of carbonyl (C=O) groups excluding carboxylic acids is 5. The molecule has 4 N–H and O–H groups in total. The summed E-state index contributed by atoms with van der Waals surface area (Å²) in [4.78, 5) is 58.8. The Balaban J connectivity index is 5.99. The highest BCUT2D eigenvalue weighted by atomic mass is 16.6. The minimum absolute atomic E-state index is 0.308. The third kappa shape index (κ3) is 23.5. The molecule has 284 valence electrons. The van der Waals surface area contributed by atoms with E-state index in [2.05, 4.69) is 0 Å². The Morgan fingerprint density at radius 1 is 0.480 bits per heavy atom. The molecule has 0 aromatic carbocycles. The second kappa shape index (κ2) is 29.0. The molecule has 7 atom stereocenters. The first-order valence-corrected chi connectivity index (χ1v) is 15.7. The maximum Gasteiger partial charge on any atom is 0.330 e. The van der Waals surface area contributed by atoms with Crippen molar-refractivity contribution in [3.8, 4) is 0 Å². The monoisotopic (exact) mass is 718 g/mol. The third-order valence-corrected chi connectivity index (χ3v) is 5.76. The quantitative estimate of drug-likeness (QED) is 0.0338. The van der Waals surface area contributed by atoms with Gasteiger partial charge in [-0.1, -0.05) is 24.3 Å². The molecular weight excluding hydrogens is 668 g/mol. The molecule has 0 spiro atoms. The number of aliphatic hydroxyl groups is 4. The Kier molecular flexibility index (Phi) is 26.8. The van der Waals surface area contributed by atoms with Gasteiger partial charge in [-0.25, -0.2) is 19.2 Å². The van der Waals surface area contributed by atoms with Crippen molar-refractivity contribution < 1.29 is 82.3 Å². The maximum atomic E-state index is 12.3. The molecule has 0 saturated carbocycles. The Morgan fingerprint density at radius 2 is 0.820 bits per heavy atom. The molecule has 0 rings (SSSR count). The number of aldehydes is 1. The lowest BCUT2D eigenvalue weighted by Gasteiger charge is -2.32. The summed E-state index contributed by atoms with van der Waals surface area (Å²) >= 11 is 0. The van der Waals surface area contributed by atoms with E-state index in [-0.39, 0.29) is 0 Å². The number of rotatable bonds is 28. The highest BCUT2D eigenvalue weighted by molar-refractivity contribution is 5.82. The summed E-state index contributed by atoms with van der Waals surface area (Å²) in [5.41, 5.74) is 0. The smallest absolute Gasteiger partial charge is 0.330 e. The average Bonchev–Trinajstić information content (AvgIpc) is 3.08. The van der Waals surface area contributed by atoms with Gasteiger partial charge in [-0.2, -0.15) is 0 Å². The first-order valence-electron chi connectivity index (χ1n) is 15.7. The van der Waals surface area contributed by atoms with E-state index in [1.807, 2.05) is 0 Å². The van der Waals surface area contributed by atoms with E-state index in [1.165, 1.54) is 24.3 Å². The number of hydrogen-bond donors (Lipinski definition) is 4. The molecule has 17 heteroatoms. The van der Waals surface area contributed by atoms with E-state index in [4.69, 9.17) is 37.9 Å². The van der Waals surface area contributed by atoms with E-state index in [0.29, 0.717) is 6.29 Å². The normalized spacial score (nSPS) is 16.2. The molecule has 0 fully saturated rings. The van der Waals surface area contributed by atoms with Crippen molar-refractivity contribution in [1.29, 1.82) is 0 Å². The molecule has 0 aliphatic carbocycles. The molecule has 0 aromatic rings. The molecule has 0 aromatic heterocycles. The highest BCUT2D eigenvalue weighted by Crippen LogP contribution is 2.15. The first-order chi connectivity index (χ1) is 23.9. The highest BCUT2D eigenvalue weighted by Gasteiger charge is 2.34. The van der Waals surface area contributed by atoms with Gasteiger partial charge in [-0.05, 0) is 27.7 Å². The van der Waals surface area contributed by atoms with Crippen LogP contribution < -0.4 is 0 Å². The van der Waals surface area contributed by atoms with Crippen molar-refractivity contribution in [3.63, 3.8) is 0 Å². The van der Waals surface area contributed by atoms with E-state index < -0.39 is 126 Å². The lowest BCUT2D eigenvalue weighted by atomic mass is 10.1. The average molecular weight is 719 g/mol. The molecule has 0 aliphatic heterocycles. The molecule has 0 heterocycles. The Morgan fingerprint density at radius 3 is 1.18 bits per heavy atom. The van der Waals surface area contributed by atoms with Gasteiger partial charge in [-0.3, -0.25) is 0 Å². The topological polar surface area (TPSA) is 240 Å². The molecule has 0 amide bonds. The van der Waals surface area contributed by atoms with Gasteiger partial charge in [0.15, 0.2) is 6.29 Å². The van der Waals surface area contributed by atoms with Gasteiger partial charge in [0.1, 0.15) is 69.2 Å². The fourth-order valence-electron chi connectivity index (χ4n) is 3.50. The Hall–Kier alpha value is -3.81. The summed E-state index contributed by atoms with van der Waals surface area (Å²) in [5.74, 6) is -2.85. The number of esters is 4. The van der Waals surface area contributed by atoms with Crippen molar-refractivity contribution in [3.05, 3.63) is 48.6 Å². The summed E-state index contributed by atoms with van der Waals surface area (Å²) in [6.07, 6.45) is 0.881. The summed E-state index contributed by atoms with van der Waals surface area (Å²) in [5, 5.41) is 41.3. The van der Waals surface area contributed by atoms with Crippen LogP contribution in [0.25, 0.3) is 0 Å². The van der Waals surface area contributed by atoms with Crippen LogP contribution in [0.4, 0.5) is 0 Å². The number of ether oxygens (including phenoxy) is 8. The van der Waals surface area contributed by atoms with Crippen molar-refractivity contribution >= 4 is 30.2 Å². The fraction of sp³-hybridized carbons (Fsp3) is 0.606. The molecule has 4 unspecified atom stereocenters. The summed E-state index contributed by atoms with van der Waals surface area (Å²) in [7, 11) is 0. The molecule has 0 radical (unpaired) electrons. The van der Waals surface area contributed by atoms with Gasteiger partial charge in [0.05, 0.1) is 33.0 Å². The van der Waals surface area contributed by atoms with Gasteiger partial charge in [0.25, 0.3) is 0 Å². The summed E-state index contributed by atoms with van der Waals surface area (Å²) in [6, 6.07) is 0. The molecule has 0 aliphatic rings. The minimum Gasteiger partial charge on any atom is -0.460 e. The van der Waals surface area contributed by atoms with E-state index >= 15 is 0 Å².